The Morgan fingerprint density at radius 3 is 1.14 bits per heavy atom. The van der Waals surface area contributed by atoms with E-state index in [-0.39, 0.29) is 43.4 Å². The van der Waals surface area contributed by atoms with Crippen molar-refractivity contribution in [3.8, 4) is 0 Å². The van der Waals surface area contributed by atoms with E-state index in [1.54, 1.807) is 0 Å². The molecule has 20 nitrogen and oxygen atoms in total. The predicted molar refractivity (Wildman–Crippen MR) is 175 cm³/mol. The van der Waals surface area contributed by atoms with Crippen LogP contribution in [0.2, 0.25) is 0 Å². The van der Waals surface area contributed by atoms with E-state index in [0.29, 0.717) is 126 Å². The highest BCUT2D eigenvalue weighted by molar-refractivity contribution is 5.68. The number of rotatable bonds is 38. The zero-order chi connectivity index (χ0) is 36.3. The number of anilines is 1. The number of aliphatic carboxylic acids is 1. The summed E-state index contributed by atoms with van der Waals surface area (Å²) < 4.78 is 58.8. The van der Waals surface area contributed by atoms with Gasteiger partial charge in [0.25, 0.3) is 11.4 Å². The third kappa shape index (κ3) is 27.6. The van der Waals surface area contributed by atoms with E-state index >= 15 is 0 Å². The molecule has 0 heterocycles. The van der Waals surface area contributed by atoms with Crippen LogP contribution < -0.4 is 5.32 Å². The normalized spacial score (nSPS) is 11.2. The summed E-state index contributed by atoms with van der Waals surface area (Å²) in [5.74, 6) is -1.01. The van der Waals surface area contributed by atoms with Gasteiger partial charge in [-0.05, 0) is 6.07 Å². The molecule has 0 aliphatic heterocycles. The minimum atomic E-state index is -1.01. The van der Waals surface area contributed by atoms with Gasteiger partial charge in [0.15, 0.2) is 0 Å². The summed E-state index contributed by atoms with van der Waals surface area (Å²) in [7, 11) is 0. The number of carboxylic acid groups (broad SMARTS) is 1. The highest BCUT2D eigenvalue weighted by Crippen LogP contribution is 2.28. The van der Waals surface area contributed by atoms with E-state index in [0.717, 1.165) is 6.07 Å². The summed E-state index contributed by atoms with van der Waals surface area (Å²) >= 11 is 0. The molecule has 1 rings (SSSR count). The smallest absolute Gasteiger partial charge is 0.329 e. The highest BCUT2D eigenvalue weighted by Gasteiger charge is 2.19. The standard InChI is InChI=1S/C30H51N3O17/c34-30(35)26-50-24-23-49-22-21-48-20-19-47-18-17-46-16-15-45-14-13-44-12-11-43-10-9-42-8-7-41-6-5-40-4-3-31-28-2-1-27(32(36)37)25-29(28)33(38)39/h1-2,25,31H,3-24,26H2,(H,34,35). The molecule has 0 saturated heterocycles. The third-order valence-corrected chi connectivity index (χ3v) is 5.90. The second kappa shape index (κ2) is 33.0. The Hall–Kier alpha value is -3.15. The molecule has 0 aromatic heterocycles. The molecule has 0 amide bonds. The third-order valence-electron chi connectivity index (χ3n) is 5.90. The summed E-state index contributed by atoms with van der Waals surface area (Å²) in [4.78, 5) is 30.8. The number of benzene rings is 1. The molecule has 0 atom stereocenters. The minimum absolute atomic E-state index is 0.180. The first-order chi connectivity index (χ1) is 24.4. The van der Waals surface area contributed by atoms with Gasteiger partial charge in [-0.25, -0.2) is 4.79 Å². The molecule has 0 bridgehead atoms. The number of hydrogen-bond acceptors (Lipinski definition) is 17. The van der Waals surface area contributed by atoms with Crippen molar-refractivity contribution in [2.75, 3.05) is 157 Å². The molecule has 1 aromatic carbocycles. The summed E-state index contributed by atoms with van der Waals surface area (Å²) in [5.41, 5.74) is -0.543. The lowest BCUT2D eigenvalue weighted by atomic mass is 10.2. The predicted octanol–water partition coefficient (Wildman–Crippen LogP) is 1.18. The van der Waals surface area contributed by atoms with Crippen LogP contribution in [0.15, 0.2) is 18.2 Å². The van der Waals surface area contributed by atoms with Crippen molar-refractivity contribution in [2.45, 2.75) is 0 Å². The second-order valence-electron chi connectivity index (χ2n) is 9.71. The number of nitro benzene ring substituents is 2. The van der Waals surface area contributed by atoms with Crippen LogP contribution in [0, 0.1) is 20.2 Å². The molecular weight excluding hydrogens is 674 g/mol. The maximum absolute atomic E-state index is 11.1. The Bertz CT molecular complexity index is 1010. The summed E-state index contributed by atoms with van der Waals surface area (Å²) in [6, 6.07) is 3.41. The molecule has 2 N–H and O–H groups in total. The van der Waals surface area contributed by atoms with Crippen molar-refractivity contribution in [2.24, 2.45) is 0 Å². The van der Waals surface area contributed by atoms with E-state index in [1.165, 1.54) is 12.1 Å². The average Bonchev–Trinajstić information content (AvgIpc) is 3.09. The number of nitrogens with one attached hydrogen (secondary N) is 1. The Balaban J connectivity index is 1.72. The van der Waals surface area contributed by atoms with Gasteiger partial charge in [-0.1, -0.05) is 0 Å². The monoisotopic (exact) mass is 725 g/mol. The number of nitrogens with zero attached hydrogens (tertiary/aromatic N) is 2. The van der Waals surface area contributed by atoms with Crippen molar-refractivity contribution in [3.63, 3.8) is 0 Å². The van der Waals surface area contributed by atoms with Crippen LogP contribution in [0.3, 0.4) is 0 Å². The van der Waals surface area contributed by atoms with E-state index in [2.05, 4.69) is 5.32 Å². The lowest BCUT2D eigenvalue weighted by molar-refractivity contribution is -0.393. The maximum Gasteiger partial charge on any atom is 0.329 e. The van der Waals surface area contributed by atoms with Gasteiger partial charge < -0.3 is 62.5 Å². The van der Waals surface area contributed by atoms with Gasteiger partial charge in [0.1, 0.15) is 12.3 Å². The zero-order valence-corrected chi connectivity index (χ0v) is 28.4. The van der Waals surface area contributed by atoms with Crippen LogP contribution in [-0.4, -0.2) is 173 Å². The second-order valence-corrected chi connectivity index (χ2v) is 9.71. The molecule has 0 fully saturated rings. The maximum atomic E-state index is 11.1. The Labute approximate surface area is 290 Å². The number of non-ortho nitro benzene ring substituents is 1. The fraction of sp³-hybridized carbons (Fsp3) is 0.767. The molecule has 0 saturated carbocycles. The molecule has 20 heteroatoms. The van der Waals surface area contributed by atoms with Crippen LogP contribution in [0.4, 0.5) is 17.1 Å². The van der Waals surface area contributed by atoms with Crippen LogP contribution in [0.5, 0.6) is 0 Å². The number of carboxylic acids is 1. The molecule has 0 aliphatic rings. The van der Waals surface area contributed by atoms with Gasteiger partial charge in [-0.15, -0.1) is 0 Å². The molecule has 288 valence electrons. The SMILES string of the molecule is O=C(O)COCCOCCOCCOCCOCCOCCOCCOCCOCCOCCOCCNc1ccc([N+](=O)[O-])cc1[N+](=O)[O-]. The minimum Gasteiger partial charge on any atom is -0.480 e. The summed E-state index contributed by atoms with van der Waals surface area (Å²) in [6.07, 6.45) is 0. The van der Waals surface area contributed by atoms with Crippen molar-refractivity contribution in [3.05, 3.63) is 38.4 Å². The van der Waals surface area contributed by atoms with Crippen molar-refractivity contribution in [1.29, 1.82) is 0 Å². The van der Waals surface area contributed by atoms with E-state index in [9.17, 15) is 25.0 Å². The van der Waals surface area contributed by atoms with E-state index in [4.69, 9.17) is 57.2 Å². The average molecular weight is 726 g/mol. The first kappa shape index (κ1) is 44.9. The molecular formula is C30H51N3O17. The molecule has 50 heavy (non-hydrogen) atoms. The molecule has 0 unspecified atom stereocenters. The molecule has 0 spiro atoms. The van der Waals surface area contributed by atoms with Gasteiger partial charge in [-0.2, -0.15) is 0 Å². The highest BCUT2D eigenvalue weighted by atomic mass is 16.6. The number of nitro groups is 2. The van der Waals surface area contributed by atoms with E-state index < -0.39 is 15.8 Å². The lowest BCUT2D eigenvalue weighted by Gasteiger charge is -2.09. The van der Waals surface area contributed by atoms with Gasteiger partial charge >= 0.3 is 5.97 Å². The Kier molecular flexibility index (Phi) is 29.6. The Morgan fingerprint density at radius 1 is 0.520 bits per heavy atom. The van der Waals surface area contributed by atoms with Crippen LogP contribution >= 0.6 is 0 Å². The topological polar surface area (TPSA) is 237 Å². The first-order valence-corrected chi connectivity index (χ1v) is 16.2. The largest absolute Gasteiger partial charge is 0.480 e. The van der Waals surface area contributed by atoms with E-state index in [1.807, 2.05) is 0 Å². The van der Waals surface area contributed by atoms with Gasteiger partial charge in [0, 0.05) is 12.6 Å². The van der Waals surface area contributed by atoms with Crippen molar-refractivity contribution >= 4 is 23.0 Å². The molecule has 0 radical (unpaired) electrons. The van der Waals surface area contributed by atoms with Gasteiger partial charge in [-0.3, -0.25) is 20.2 Å². The molecule has 0 aliphatic carbocycles. The number of ether oxygens (including phenoxy) is 11. The van der Waals surface area contributed by atoms with Gasteiger partial charge in [0.2, 0.25) is 0 Å². The fourth-order valence-corrected chi connectivity index (χ4v) is 3.55. The lowest BCUT2D eigenvalue weighted by Crippen LogP contribution is -2.16. The van der Waals surface area contributed by atoms with Crippen molar-refractivity contribution in [1.82, 2.24) is 0 Å². The fourth-order valence-electron chi connectivity index (χ4n) is 3.55. The zero-order valence-electron chi connectivity index (χ0n) is 28.4. The van der Waals surface area contributed by atoms with Crippen LogP contribution in [0.1, 0.15) is 0 Å². The Morgan fingerprint density at radius 2 is 0.840 bits per heavy atom. The van der Waals surface area contributed by atoms with Gasteiger partial charge in [0.05, 0.1) is 155 Å². The quantitative estimate of drug-likeness (QED) is 0.0553. The number of hydrogen-bond donors (Lipinski definition) is 2. The van der Waals surface area contributed by atoms with Crippen LogP contribution in [-0.2, 0) is 56.9 Å². The summed E-state index contributed by atoms with van der Waals surface area (Å²) in [5, 5.41) is 33.2. The summed E-state index contributed by atoms with van der Waals surface area (Å²) in [6.45, 7) is 8.41. The first-order valence-electron chi connectivity index (χ1n) is 16.2. The van der Waals surface area contributed by atoms with Crippen LogP contribution in [0.25, 0.3) is 0 Å². The molecule has 1 aromatic rings. The van der Waals surface area contributed by atoms with Crippen molar-refractivity contribution < 1.29 is 71.9 Å². The number of carbonyl (C=O) groups is 1.